The van der Waals surface area contributed by atoms with E-state index in [1.807, 2.05) is 0 Å². The first-order valence-electron chi connectivity index (χ1n) is 23.8. The molecule has 0 saturated carbocycles. The van der Waals surface area contributed by atoms with Crippen LogP contribution in [0.1, 0.15) is 0 Å². The van der Waals surface area contributed by atoms with E-state index in [4.69, 9.17) is 0 Å². The molecule has 0 radical (unpaired) electrons. The third kappa shape index (κ3) is 6.70. The van der Waals surface area contributed by atoms with Gasteiger partial charge < -0.3 is 9.13 Å². The van der Waals surface area contributed by atoms with Gasteiger partial charge >= 0.3 is 0 Å². The van der Waals surface area contributed by atoms with Crippen molar-refractivity contribution in [2.75, 3.05) is 0 Å². The Labute approximate surface area is 403 Å². The van der Waals surface area contributed by atoms with Crippen LogP contribution in [0.3, 0.4) is 0 Å². The first-order valence-corrected chi connectivity index (χ1v) is 25.8. The van der Waals surface area contributed by atoms with Gasteiger partial charge in [-0.25, -0.2) is 0 Å². The molecule has 0 amide bonds. The van der Waals surface area contributed by atoms with E-state index in [1.54, 1.807) is 0 Å². The number of fused-ring (bicyclic) bond motifs is 6. The first kappa shape index (κ1) is 40.5. The average molecular weight is 895 g/mol. The number of hydrogen-bond donors (Lipinski definition) is 0. The number of para-hydroxylation sites is 1. The Hall–Kier alpha value is -8.76. The Kier molecular flexibility index (Phi) is 9.88. The van der Waals surface area contributed by atoms with E-state index in [0.717, 1.165) is 11.4 Å². The van der Waals surface area contributed by atoms with Gasteiger partial charge in [0.1, 0.15) is 0 Å². The highest BCUT2D eigenvalue weighted by atomic mass is 28.3. The van der Waals surface area contributed by atoms with E-state index < -0.39 is 8.07 Å². The maximum absolute atomic E-state index is 2.77. The first-order chi connectivity index (χ1) is 34.2. The summed E-state index contributed by atoms with van der Waals surface area (Å²) in [6.45, 7) is 0. The summed E-state index contributed by atoms with van der Waals surface area (Å²) in [7, 11) is -2.77. The summed E-state index contributed by atoms with van der Waals surface area (Å²) in [5, 5.41) is 10.4. The number of aromatic nitrogens is 2. The smallest absolute Gasteiger partial charge is 0.179 e. The molecule has 2 nitrogen and oxygen atoms in total. The van der Waals surface area contributed by atoms with Gasteiger partial charge in [-0.15, -0.1) is 0 Å². The minimum Gasteiger partial charge on any atom is -0.309 e. The Balaban J connectivity index is 1.03. The number of nitrogens with zero attached hydrogens (tertiary/aromatic N) is 2. The van der Waals surface area contributed by atoms with Crippen molar-refractivity contribution >= 4 is 72.4 Å². The van der Waals surface area contributed by atoms with Crippen molar-refractivity contribution in [3.8, 4) is 44.8 Å². The van der Waals surface area contributed by atoms with Gasteiger partial charge in [0, 0.05) is 32.9 Å². The van der Waals surface area contributed by atoms with Crippen molar-refractivity contribution in [1.82, 2.24) is 9.13 Å². The number of hydrogen-bond acceptors (Lipinski definition) is 0. The molecule has 0 unspecified atom stereocenters. The minimum absolute atomic E-state index is 1.13. The molecule has 0 spiro atoms. The van der Waals surface area contributed by atoms with Gasteiger partial charge in [-0.1, -0.05) is 224 Å². The predicted molar refractivity (Wildman–Crippen MR) is 295 cm³/mol. The van der Waals surface area contributed by atoms with Crippen molar-refractivity contribution < 1.29 is 0 Å². The van der Waals surface area contributed by atoms with Gasteiger partial charge in [0.15, 0.2) is 8.07 Å². The van der Waals surface area contributed by atoms with Crippen LogP contribution in [0.2, 0.25) is 0 Å². The summed E-state index contributed by atoms with van der Waals surface area (Å²) >= 11 is 0. The summed E-state index contributed by atoms with van der Waals surface area (Å²) < 4.78 is 4.95. The molecule has 2 heterocycles. The van der Waals surface area contributed by atoms with Crippen molar-refractivity contribution in [2.45, 2.75) is 0 Å². The summed E-state index contributed by atoms with van der Waals surface area (Å²) in [6, 6.07) is 103. The van der Waals surface area contributed by atoms with Crippen LogP contribution in [-0.2, 0) is 0 Å². The lowest BCUT2D eigenvalue weighted by Gasteiger charge is -2.34. The summed E-state index contributed by atoms with van der Waals surface area (Å²) in [4.78, 5) is 0. The zero-order valence-corrected chi connectivity index (χ0v) is 39.0. The zero-order valence-electron chi connectivity index (χ0n) is 38.0. The standard InChI is InChI=1S/C66H46N2Si/c1-6-21-47(22-7-1)49-25-18-26-50(43-49)51-27-19-28-52(44-51)68-64-41-39-53(45-61(64)66-58(36-20-38-65(66)68)48-23-8-2-9-24-48)67-62-37-17-16-35-59(62)60-46-57(40-42-63(60)67)69(54-29-10-3-11-30-54,55-31-12-4-13-32-55)56-33-14-5-15-34-56/h1-46H. The Morgan fingerprint density at radius 1 is 0.232 bits per heavy atom. The Morgan fingerprint density at radius 2 is 0.681 bits per heavy atom. The second kappa shape index (κ2) is 16.8. The minimum atomic E-state index is -2.77. The van der Waals surface area contributed by atoms with Crippen molar-refractivity contribution in [3.63, 3.8) is 0 Å². The summed E-state index contributed by atoms with van der Waals surface area (Å²) in [6.07, 6.45) is 0. The lowest BCUT2D eigenvalue weighted by Crippen LogP contribution is -2.74. The van der Waals surface area contributed by atoms with Crippen molar-refractivity contribution in [2.24, 2.45) is 0 Å². The van der Waals surface area contributed by atoms with E-state index in [2.05, 4.69) is 288 Å². The predicted octanol–water partition coefficient (Wildman–Crippen LogP) is 14.3. The van der Waals surface area contributed by atoms with Gasteiger partial charge in [-0.3, -0.25) is 0 Å². The molecule has 3 heteroatoms. The van der Waals surface area contributed by atoms with E-state index in [9.17, 15) is 0 Å². The fourth-order valence-corrected chi connectivity index (χ4v) is 16.0. The molecule has 0 N–H and O–H groups in total. The lowest BCUT2D eigenvalue weighted by molar-refractivity contribution is 1.17. The van der Waals surface area contributed by atoms with Crippen LogP contribution in [0.25, 0.3) is 88.4 Å². The molecular weight excluding hydrogens is 849 g/mol. The van der Waals surface area contributed by atoms with Gasteiger partial charge in [0.05, 0.1) is 22.1 Å². The van der Waals surface area contributed by atoms with Crippen LogP contribution in [0.5, 0.6) is 0 Å². The second-order valence-electron chi connectivity index (χ2n) is 18.0. The summed E-state index contributed by atoms with van der Waals surface area (Å²) in [5.74, 6) is 0. The van der Waals surface area contributed by atoms with Gasteiger partial charge in [-0.2, -0.15) is 0 Å². The molecule has 0 fully saturated rings. The van der Waals surface area contributed by atoms with Gasteiger partial charge in [0.25, 0.3) is 0 Å². The Morgan fingerprint density at radius 3 is 1.35 bits per heavy atom. The van der Waals surface area contributed by atoms with Crippen LogP contribution in [0, 0.1) is 0 Å². The van der Waals surface area contributed by atoms with E-state index in [0.29, 0.717) is 0 Å². The highest BCUT2D eigenvalue weighted by Gasteiger charge is 2.41. The molecule has 0 aliphatic carbocycles. The molecule has 13 aromatic rings. The zero-order chi connectivity index (χ0) is 45.7. The third-order valence-electron chi connectivity index (χ3n) is 14.3. The highest BCUT2D eigenvalue weighted by Crippen LogP contribution is 2.41. The SMILES string of the molecule is c1ccc(-c2cccc(-c3cccc(-n4c5ccc(-n6c7ccccc7c7cc([Si](c8ccccc8)(c8ccccc8)c8ccccc8)ccc76)cc5c5c(-c6ccccc6)cccc54)c3)c2)cc1. The fourth-order valence-electron chi connectivity index (χ4n) is 11.2. The molecule has 0 atom stereocenters. The van der Waals surface area contributed by atoms with Gasteiger partial charge in [-0.05, 0) is 109 Å². The average Bonchev–Trinajstić information content (AvgIpc) is 3.95. The van der Waals surface area contributed by atoms with Gasteiger partial charge in [0.2, 0.25) is 0 Å². The molecule has 2 aromatic heterocycles. The van der Waals surface area contributed by atoms with Crippen LogP contribution >= 0.6 is 0 Å². The quantitative estimate of drug-likeness (QED) is 0.101. The normalized spacial score (nSPS) is 11.8. The second-order valence-corrected chi connectivity index (χ2v) is 21.8. The largest absolute Gasteiger partial charge is 0.309 e. The molecule has 0 aliphatic rings. The van der Waals surface area contributed by atoms with E-state index >= 15 is 0 Å². The Bertz CT molecular complexity index is 3890. The molecule has 11 aromatic carbocycles. The molecule has 13 rings (SSSR count). The van der Waals surface area contributed by atoms with Crippen molar-refractivity contribution in [3.05, 3.63) is 279 Å². The van der Waals surface area contributed by atoms with Crippen molar-refractivity contribution in [1.29, 1.82) is 0 Å². The molecule has 324 valence electrons. The van der Waals surface area contributed by atoms with Crippen LogP contribution in [0.4, 0.5) is 0 Å². The van der Waals surface area contributed by atoms with E-state index in [-0.39, 0.29) is 0 Å². The molecular formula is C66H46N2Si. The van der Waals surface area contributed by atoms with Crippen LogP contribution in [0.15, 0.2) is 279 Å². The topological polar surface area (TPSA) is 9.86 Å². The fraction of sp³-hybridized carbons (Fsp3) is 0. The summed E-state index contributed by atoms with van der Waals surface area (Å²) in [5.41, 5.74) is 14.2. The molecule has 0 aliphatic heterocycles. The number of benzene rings is 11. The number of rotatable bonds is 9. The third-order valence-corrected chi connectivity index (χ3v) is 19.0. The van der Waals surface area contributed by atoms with Crippen LogP contribution < -0.4 is 20.7 Å². The van der Waals surface area contributed by atoms with E-state index in [1.165, 1.54) is 97.7 Å². The van der Waals surface area contributed by atoms with Crippen LogP contribution in [-0.4, -0.2) is 17.2 Å². The molecule has 69 heavy (non-hydrogen) atoms. The molecule has 0 bridgehead atoms. The maximum Gasteiger partial charge on any atom is 0.179 e. The highest BCUT2D eigenvalue weighted by molar-refractivity contribution is 7.20. The monoisotopic (exact) mass is 894 g/mol. The lowest BCUT2D eigenvalue weighted by atomic mass is 9.99. The molecule has 0 saturated heterocycles. The maximum atomic E-state index is 2.52.